The quantitative estimate of drug-likeness (QED) is 0.0205. The van der Waals surface area contributed by atoms with E-state index in [0.717, 1.165) is 96.3 Å². The Hall–Kier alpha value is -3.09. The molecule has 2 fully saturated rings. The first-order chi connectivity index (χ1) is 37.6. The number of nitrogens with one attached hydrogen (secondary N) is 1. The number of unbranched alkanes of at least 4 members (excludes halogenated alkanes) is 19. The number of amides is 1. The van der Waals surface area contributed by atoms with Crippen LogP contribution in [-0.2, 0) is 23.7 Å². The van der Waals surface area contributed by atoms with Crippen molar-refractivity contribution >= 4 is 5.91 Å². The van der Waals surface area contributed by atoms with Gasteiger partial charge in [0.2, 0.25) is 5.91 Å². The number of carbonyl (C=O) groups excluding carboxylic acids is 1. The Bertz CT molecular complexity index is 1660. The van der Waals surface area contributed by atoms with E-state index in [0.29, 0.717) is 6.42 Å². The van der Waals surface area contributed by atoms with E-state index in [4.69, 9.17) is 18.9 Å². The van der Waals surface area contributed by atoms with Gasteiger partial charge in [-0.05, 0) is 77.0 Å². The van der Waals surface area contributed by atoms with Gasteiger partial charge in [-0.3, -0.25) is 4.79 Å². The lowest BCUT2D eigenvalue weighted by molar-refractivity contribution is -0.359. The largest absolute Gasteiger partial charge is 0.394 e. The molecule has 0 saturated carbocycles. The van der Waals surface area contributed by atoms with Crippen LogP contribution in [0.4, 0.5) is 0 Å². The van der Waals surface area contributed by atoms with Crippen LogP contribution in [0, 0.1) is 0 Å². The van der Waals surface area contributed by atoms with Crippen molar-refractivity contribution in [2.45, 2.75) is 274 Å². The zero-order chi connectivity index (χ0) is 56.0. The molecular weight excluding hydrogens is 979 g/mol. The molecule has 2 aliphatic heterocycles. The van der Waals surface area contributed by atoms with Gasteiger partial charge < -0.3 is 65.1 Å². The lowest BCUT2D eigenvalue weighted by Crippen LogP contribution is -2.65. The number of aliphatic hydroxyl groups excluding tert-OH is 8. The van der Waals surface area contributed by atoms with Crippen molar-refractivity contribution in [2.24, 2.45) is 0 Å². The molecule has 0 bridgehead atoms. The third-order valence-electron chi connectivity index (χ3n) is 14.0. The van der Waals surface area contributed by atoms with Gasteiger partial charge in [0.15, 0.2) is 12.6 Å². The van der Waals surface area contributed by atoms with Crippen LogP contribution in [0.25, 0.3) is 0 Å². The second-order valence-corrected chi connectivity index (χ2v) is 20.7. The van der Waals surface area contributed by atoms with Gasteiger partial charge in [-0.2, -0.15) is 0 Å². The second kappa shape index (κ2) is 47.7. The fourth-order valence-electron chi connectivity index (χ4n) is 9.21. The first-order valence-corrected chi connectivity index (χ1v) is 30.0. The lowest BCUT2D eigenvalue weighted by Gasteiger charge is -2.46. The van der Waals surface area contributed by atoms with E-state index >= 15 is 0 Å². The predicted molar refractivity (Wildman–Crippen MR) is 309 cm³/mol. The maximum Gasteiger partial charge on any atom is 0.220 e. The first-order valence-electron chi connectivity index (χ1n) is 30.0. The fourth-order valence-corrected chi connectivity index (χ4v) is 9.21. The highest BCUT2D eigenvalue weighted by atomic mass is 16.7. The molecule has 12 atom stereocenters. The van der Waals surface area contributed by atoms with E-state index in [1.807, 2.05) is 6.08 Å². The molecule has 12 unspecified atom stereocenters. The first kappa shape index (κ1) is 70.0. The zero-order valence-corrected chi connectivity index (χ0v) is 47.4. The standard InChI is InChI=1S/C63H107NO13/c1-3-5-7-9-11-13-15-16-17-18-19-20-21-22-23-24-25-26-27-28-29-30-31-32-33-34-35-36-37-39-41-43-45-47-55(68)64-51(52(67)46-44-42-40-38-14-12-10-8-6-4-2)50-74-62-60(73)58(71)61(54(49-66)76-62)77-63-59(72)57(70)56(69)53(48-65)75-63/h5,7,11,13,16-17,19-20,22-23,25-26,28-29,44,46,51-54,56-63,65-67,69-73H,3-4,6,8-10,12,14-15,18,21,24,27,30-43,45,47-50H2,1-2H3,(H,64,68)/b7-5-,13-11-,17-16-,20-19-,23-22-,26-25-,29-28-,46-44+. The molecule has 0 aromatic rings. The highest BCUT2D eigenvalue weighted by Gasteiger charge is 2.51. The fraction of sp³-hybridized carbons (Fsp3) is 0.730. The Labute approximate surface area is 464 Å². The van der Waals surface area contributed by atoms with Crippen LogP contribution in [0.2, 0.25) is 0 Å². The molecule has 2 heterocycles. The van der Waals surface area contributed by atoms with Crippen molar-refractivity contribution in [3.63, 3.8) is 0 Å². The smallest absolute Gasteiger partial charge is 0.220 e. The van der Waals surface area contributed by atoms with Gasteiger partial charge >= 0.3 is 0 Å². The Morgan fingerprint density at radius 1 is 0.481 bits per heavy atom. The molecule has 2 rings (SSSR count). The summed E-state index contributed by atoms with van der Waals surface area (Å²) in [6.07, 6.45) is 48.9. The Morgan fingerprint density at radius 3 is 1.38 bits per heavy atom. The summed E-state index contributed by atoms with van der Waals surface area (Å²) < 4.78 is 22.7. The van der Waals surface area contributed by atoms with E-state index in [2.05, 4.69) is 104 Å². The highest BCUT2D eigenvalue weighted by molar-refractivity contribution is 5.76. The van der Waals surface area contributed by atoms with E-state index in [1.54, 1.807) is 6.08 Å². The van der Waals surface area contributed by atoms with Gasteiger partial charge in [-0.15, -0.1) is 0 Å². The van der Waals surface area contributed by atoms with Crippen molar-refractivity contribution < 1.29 is 64.6 Å². The minimum absolute atomic E-state index is 0.249. The summed E-state index contributed by atoms with van der Waals surface area (Å²) >= 11 is 0. The van der Waals surface area contributed by atoms with Crippen molar-refractivity contribution in [1.29, 1.82) is 0 Å². The molecule has 0 aliphatic carbocycles. The van der Waals surface area contributed by atoms with Gasteiger partial charge in [0.1, 0.15) is 48.8 Å². The molecule has 442 valence electrons. The van der Waals surface area contributed by atoms with Gasteiger partial charge in [0.05, 0.1) is 32.0 Å². The monoisotopic (exact) mass is 1090 g/mol. The minimum Gasteiger partial charge on any atom is -0.394 e. The zero-order valence-electron chi connectivity index (χ0n) is 47.4. The molecule has 0 radical (unpaired) electrons. The van der Waals surface area contributed by atoms with E-state index in [9.17, 15) is 45.6 Å². The van der Waals surface area contributed by atoms with Crippen molar-refractivity contribution in [1.82, 2.24) is 5.32 Å². The predicted octanol–water partition coefficient (Wildman–Crippen LogP) is 10.3. The van der Waals surface area contributed by atoms with Gasteiger partial charge in [0.25, 0.3) is 0 Å². The summed E-state index contributed by atoms with van der Waals surface area (Å²) in [6.45, 7) is 2.63. The Kier molecular flexibility index (Phi) is 43.4. The lowest BCUT2D eigenvalue weighted by atomic mass is 9.97. The third kappa shape index (κ3) is 33.3. The van der Waals surface area contributed by atoms with Gasteiger partial charge in [0, 0.05) is 6.42 Å². The molecule has 0 aromatic heterocycles. The SMILES string of the molecule is CC/C=C\C/C=C\C/C=C\C/C=C\C/C=C\C/C=C\C/C=C\CCCCCCCCCCCCCC(=O)NC(COC1OC(CO)C(OC2OC(CO)C(O)C(O)C2O)C(O)C1O)C(O)/C=C/CCCCCCCCCC. The van der Waals surface area contributed by atoms with Crippen LogP contribution >= 0.6 is 0 Å². The number of hydrogen-bond acceptors (Lipinski definition) is 13. The summed E-state index contributed by atoms with van der Waals surface area (Å²) in [4.78, 5) is 13.2. The van der Waals surface area contributed by atoms with Crippen LogP contribution in [-0.4, -0.2) is 140 Å². The number of aliphatic hydroxyl groups is 8. The van der Waals surface area contributed by atoms with Crippen molar-refractivity contribution in [2.75, 3.05) is 19.8 Å². The summed E-state index contributed by atoms with van der Waals surface area (Å²) in [5.41, 5.74) is 0. The summed E-state index contributed by atoms with van der Waals surface area (Å²) in [6, 6.07) is -0.920. The van der Waals surface area contributed by atoms with Crippen molar-refractivity contribution in [3.8, 4) is 0 Å². The molecule has 0 spiro atoms. The van der Waals surface area contributed by atoms with Crippen molar-refractivity contribution in [3.05, 3.63) is 97.2 Å². The number of ether oxygens (including phenoxy) is 4. The molecule has 1 amide bonds. The molecule has 14 nitrogen and oxygen atoms in total. The van der Waals surface area contributed by atoms with Crippen LogP contribution in [0.3, 0.4) is 0 Å². The molecule has 14 heteroatoms. The Balaban J connectivity index is 1.65. The molecule has 2 saturated heterocycles. The average molecular weight is 1090 g/mol. The maximum absolute atomic E-state index is 13.2. The van der Waals surface area contributed by atoms with Crippen LogP contribution in [0.1, 0.15) is 200 Å². The molecule has 9 N–H and O–H groups in total. The normalized spacial score (nSPS) is 25.4. The molecule has 77 heavy (non-hydrogen) atoms. The van der Waals surface area contributed by atoms with E-state index in [-0.39, 0.29) is 18.9 Å². The summed E-state index contributed by atoms with van der Waals surface area (Å²) in [7, 11) is 0. The number of allylic oxidation sites excluding steroid dienone is 15. The average Bonchev–Trinajstić information content (AvgIpc) is 3.45. The van der Waals surface area contributed by atoms with Gasteiger partial charge in [-0.1, -0.05) is 214 Å². The van der Waals surface area contributed by atoms with Gasteiger partial charge in [-0.25, -0.2) is 0 Å². The summed E-state index contributed by atoms with van der Waals surface area (Å²) in [5.74, 6) is -0.249. The van der Waals surface area contributed by atoms with Crippen LogP contribution in [0.5, 0.6) is 0 Å². The number of carbonyl (C=O) groups is 1. The maximum atomic E-state index is 13.2. The molecular formula is C63H107NO13. The number of hydrogen-bond donors (Lipinski definition) is 9. The van der Waals surface area contributed by atoms with Crippen LogP contribution in [0.15, 0.2) is 97.2 Å². The van der Waals surface area contributed by atoms with Crippen LogP contribution < -0.4 is 5.32 Å². The second-order valence-electron chi connectivity index (χ2n) is 20.7. The third-order valence-corrected chi connectivity index (χ3v) is 14.0. The Morgan fingerprint density at radius 2 is 0.896 bits per heavy atom. The van der Waals surface area contributed by atoms with E-state index in [1.165, 1.54) is 77.0 Å². The number of rotatable bonds is 46. The molecule has 2 aliphatic rings. The van der Waals surface area contributed by atoms with E-state index < -0.39 is 86.8 Å². The topological polar surface area (TPSA) is 228 Å². The minimum atomic E-state index is -1.79. The highest BCUT2D eigenvalue weighted by Crippen LogP contribution is 2.30. The summed E-state index contributed by atoms with van der Waals surface area (Å²) in [5, 5.41) is 86.9. The molecule has 0 aromatic carbocycles.